The molecule has 1 N–H and O–H groups in total. The summed E-state index contributed by atoms with van der Waals surface area (Å²) in [5, 5.41) is 2.54. The minimum Gasteiger partial charge on any atom is -0.467 e. The molecular formula is C14H22N2O4. The maximum absolute atomic E-state index is 12.5. The Morgan fingerprint density at radius 2 is 2.00 bits per heavy atom. The molecule has 0 radical (unpaired) electrons. The first-order valence-electron chi connectivity index (χ1n) is 6.75. The zero-order valence-corrected chi connectivity index (χ0v) is 12.4. The van der Waals surface area contributed by atoms with Crippen molar-refractivity contribution in [1.82, 2.24) is 10.2 Å². The van der Waals surface area contributed by atoms with Crippen LogP contribution < -0.4 is 5.32 Å². The van der Waals surface area contributed by atoms with E-state index in [0.29, 0.717) is 13.0 Å². The van der Waals surface area contributed by atoms with E-state index in [2.05, 4.69) is 5.32 Å². The Labute approximate surface area is 119 Å². The number of hydrogen-bond donors (Lipinski definition) is 1. The predicted octanol–water partition coefficient (Wildman–Crippen LogP) is 0.826. The molecule has 0 aromatic heterocycles. The van der Waals surface area contributed by atoms with Crippen molar-refractivity contribution < 1.29 is 19.1 Å². The van der Waals surface area contributed by atoms with Crippen molar-refractivity contribution in [3.8, 4) is 0 Å². The van der Waals surface area contributed by atoms with Crippen molar-refractivity contribution in [2.24, 2.45) is 5.92 Å². The largest absolute Gasteiger partial charge is 0.467 e. The molecule has 0 aliphatic carbocycles. The van der Waals surface area contributed by atoms with Gasteiger partial charge in [0.2, 0.25) is 5.91 Å². The Morgan fingerprint density at radius 3 is 2.50 bits per heavy atom. The number of amides is 2. The van der Waals surface area contributed by atoms with Crippen LogP contribution in [0.25, 0.3) is 0 Å². The third-order valence-electron chi connectivity index (χ3n) is 3.03. The molecule has 6 heteroatoms. The quantitative estimate of drug-likeness (QED) is 0.612. The predicted molar refractivity (Wildman–Crippen MR) is 73.5 cm³/mol. The van der Waals surface area contributed by atoms with Gasteiger partial charge in [-0.3, -0.25) is 9.59 Å². The number of carbonyl (C=O) groups is 3. The SMILES string of the molecule is COC(=O)[C@@H]1CCCN1C(=O)C(=CC(C)C)NC(C)=O. The Hall–Kier alpha value is -1.85. The number of methoxy groups -OCH3 is 1. The second kappa shape index (κ2) is 7.07. The van der Waals surface area contributed by atoms with Gasteiger partial charge in [-0.25, -0.2) is 4.79 Å². The summed E-state index contributed by atoms with van der Waals surface area (Å²) in [7, 11) is 1.31. The van der Waals surface area contributed by atoms with Gasteiger partial charge in [0.05, 0.1) is 7.11 Å². The van der Waals surface area contributed by atoms with E-state index < -0.39 is 12.0 Å². The third kappa shape index (κ3) is 4.08. The van der Waals surface area contributed by atoms with Crippen LogP contribution in [0.1, 0.15) is 33.6 Å². The zero-order valence-electron chi connectivity index (χ0n) is 12.4. The van der Waals surface area contributed by atoms with Gasteiger partial charge in [-0.2, -0.15) is 0 Å². The summed E-state index contributed by atoms with van der Waals surface area (Å²) in [5.74, 6) is -0.941. The molecule has 0 spiro atoms. The second-order valence-electron chi connectivity index (χ2n) is 5.19. The van der Waals surface area contributed by atoms with Crippen molar-refractivity contribution in [1.29, 1.82) is 0 Å². The van der Waals surface area contributed by atoms with Crippen molar-refractivity contribution in [2.45, 2.75) is 39.7 Å². The summed E-state index contributed by atoms with van der Waals surface area (Å²) in [6, 6.07) is -0.558. The molecule has 1 aliphatic rings. The first-order chi connectivity index (χ1) is 9.36. The number of nitrogens with zero attached hydrogens (tertiary/aromatic N) is 1. The molecule has 1 fully saturated rings. The first kappa shape index (κ1) is 16.2. The fourth-order valence-electron chi connectivity index (χ4n) is 2.23. The lowest BCUT2D eigenvalue weighted by molar-refractivity contribution is -0.150. The Morgan fingerprint density at radius 1 is 1.35 bits per heavy atom. The average molecular weight is 282 g/mol. The highest BCUT2D eigenvalue weighted by Gasteiger charge is 2.36. The molecule has 1 saturated heterocycles. The van der Waals surface area contributed by atoms with Crippen LogP contribution in [0.15, 0.2) is 11.8 Å². The lowest BCUT2D eigenvalue weighted by Crippen LogP contribution is -2.44. The van der Waals surface area contributed by atoms with Crippen molar-refractivity contribution in [2.75, 3.05) is 13.7 Å². The number of ether oxygens (including phenoxy) is 1. The van der Waals surface area contributed by atoms with Crippen molar-refractivity contribution >= 4 is 17.8 Å². The van der Waals surface area contributed by atoms with Crippen LogP contribution in [-0.2, 0) is 19.1 Å². The van der Waals surface area contributed by atoms with Crippen LogP contribution >= 0.6 is 0 Å². The summed E-state index contributed by atoms with van der Waals surface area (Å²) in [6.07, 6.45) is 3.03. The van der Waals surface area contributed by atoms with E-state index >= 15 is 0 Å². The zero-order chi connectivity index (χ0) is 15.3. The molecular weight excluding hydrogens is 260 g/mol. The monoisotopic (exact) mass is 282 g/mol. The van der Waals surface area contributed by atoms with Gasteiger partial charge in [-0.1, -0.05) is 19.9 Å². The summed E-state index contributed by atoms with van der Waals surface area (Å²) >= 11 is 0. The Kier molecular flexibility index (Phi) is 5.73. The summed E-state index contributed by atoms with van der Waals surface area (Å²) < 4.78 is 4.72. The fraction of sp³-hybridized carbons (Fsp3) is 0.643. The number of allylic oxidation sites excluding steroid dienone is 1. The topological polar surface area (TPSA) is 75.7 Å². The first-order valence-corrected chi connectivity index (χ1v) is 6.75. The summed E-state index contributed by atoms with van der Waals surface area (Å²) in [4.78, 5) is 36.8. The lowest BCUT2D eigenvalue weighted by atomic mass is 10.1. The molecule has 1 aliphatic heterocycles. The molecule has 1 heterocycles. The smallest absolute Gasteiger partial charge is 0.328 e. The molecule has 0 aromatic rings. The van der Waals surface area contributed by atoms with Crippen LogP contribution in [0.2, 0.25) is 0 Å². The van der Waals surface area contributed by atoms with Gasteiger partial charge in [0, 0.05) is 13.5 Å². The lowest BCUT2D eigenvalue weighted by Gasteiger charge is -2.24. The van der Waals surface area contributed by atoms with Gasteiger partial charge in [-0.15, -0.1) is 0 Å². The van der Waals surface area contributed by atoms with Gasteiger partial charge in [0.25, 0.3) is 5.91 Å². The van der Waals surface area contributed by atoms with Crippen molar-refractivity contribution in [3.63, 3.8) is 0 Å². The number of carbonyl (C=O) groups excluding carboxylic acids is 3. The standard InChI is InChI=1S/C14H22N2O4/c1-9(2)8-11(15-10(3)17)13(18)16-7-5-6-12(16)14(19)20-4/h8-9,12H,5-7H2,1-4H3,(H,15,17)/t12-/m0/s1. The molecule has 2 amide bonds. The molecule has 1 atom stereocenters. The molecule has 20 heavy (non-hydrogen) atoms. The van der Waals surface area contributed by atoms with Gasteiger partial charge in [0.1, 0.15) is 11.7 Å². The molecule has 112 valence electrons. The summed E-state index contributed by atoms with van der Waals surface area (Å²) in [6.45, 7) is 5.67. The fourth-order valence-corrected chi connectivity index (χ4v) is 2.23. The molecule has 0 saturated carbocycles. The van der Waals surface area contributed by atoms with Crippen LogP contribution in [0.4, 0.5) is 0 Å². The van der Waals surface area contributed by atoms with Crippen molar-refractivity contribution in [3.05, 3.63) is 11.8 Å². The van der Waals surface area contributed by atoms with Crippen LogP contribution in [0.3, 0.4) is 0 Å². The molecule has 6 nitrogen and oxygen atoms in total. The van der Waals surface area contributed by atoms with Gasteiger partial charge >= 0.3 is 5.97 Å². The van der Waals surface area contributed by atoms with Crippen LogP contribution in [0.5, 0.6) is 0 Å². The van der Waals surface area contributed by atoms with Gasteiger partial charge in [0.15, 0.2) is 0 Å². The summed E-state index contributed by atoms with van der Waals surface area (Å²) in [5.41, 5.74) is 0.225. The minimum absolute atomic E-state index is 0.111. The number of likely N-dealkylation sites (tertiary alicyclic amines) is 1. The highest BCUT2D eigenvalue weighted by molar-refractivity contribution is 5.99. The third-order valence-corrected chi connectivity index (χ3v) is 3.03. The maximum Gasteiger partial charge on any atom is 0.328 e. The minimum atomic E-state index is -0.558. The number of hydrogen-bond acceptors (Lipinski definition) is 4. The van der Waals surface area contributed by atoms with E-state index in [0.717, 1.165) is 6.42 Å². The average Bonchev–Trinajstić information content (AvgIpc) is 2.84. The van der Waals surface area contributed by atoms with E-state index in [1.54, 1.807) is 6.08 Å². The Balaban J connectivity index is 2.94. The highest BCUT2D eigenvalue weighted by Crippen LogP contribution is 2.20. The highest BCUT2D eigenvalue weighted by atomic mass is 16.5. The second-order valence-corrected chi connectivity index (χ2v) is 5.19. The normalized spacial score (nSPS) is 19.1. The number of esters is 1. The number of rotatable bonds is 4. The molecule has 0 bridgehead atoms. The van der Waals surface area contributed by atoms with Gasteiger partial charge in [-0.05, 0) is 18.8 Å². The van der Waals surface area contributed by atoms with Crippen LogP contribution in [0, 0.1) is 5.92 Å². The maximum atomic E-state index is 12.5. The number of nitrogens with one attached hydrogen (secondary N) is 1. The molecule has 0 aromatic carbocycles. The van der Waals surface area contributed by atoms with Crippen LogP contribution in [-0.4, -0.2) is 42.4 Å². The van der Waals surface area contributed by atoms with E-state index in [-0.39, 0.29) is 23.4 Å². The van der Waals surface area contributed by atoms with E-state index in [4.69, 9.17) is 4.74 Å². The van der Waals surface area contributed by atoms with E-state index in [9.17, 15) is 14.4 Å². The van der Waals surface area contributed by atoms with Gasteiger partial charge < -0.3 is 15.0 Å². The van der Waals surface area contributed by atoms with E-state index in [1.807, 2.05) is 13.8 Å². The Bertz CT molecular complexity index is 429. The van der Waals surface area contributed by atoms with E-state index in [1.165, 1.54) is 18.9 Å². The molecule has 0 unspecified atom stereocenters. The molecule has 1 rings (SSSR count).